The summed E-state index contributed by atoms with van der Waals surface area (Å²) in [6.45, 7) is 8.78. The van der Waals surface area contributed by atoms with Crippen LogP contribution < -0.4 is 0 Å². The molecular formula is C22H23N5O3. The first-order valence-corrected chi connectivity index (χ1v) is 9.65. The molecule has 30 heavy (non-hydrogen) atoms. The molecule has 4 aromatic heterocycles. The number of nitrogens with zero attached hydrogens (tertiary/aromatic N) is 5. The first-order valence-electron chi connectivity index (χ1n) is 9.65. The fourth-order valence-corrected chi connectivity index (χ4v) is 3.37. The molecule has 0 N–H and O–H groups in total. The standard InChI is InChI=1S/C22H23N5O3/c1-13-6-19-24-8-15(11-26(19)10-13)17-7-16-18(9-23-17)27(25-21(16)14(2)28)12-20(29)30-22(3,4)5/h6-11H,12H2,1-5H3. The maximum Gasteiger partial charge on any atom is 0.328 e. The third-order valence-electron chi connectivity index (χ3n) is 4.54. The predicted octanol–water partition coefficient (Wildman–Crippen LogP) is 3.60. The zero-order chi connectivity index (χ0) is 21.6. The molecule has 4 rings (SSSR count). The van der Waals surface area contributed by atoms with Gasteiger partial charge in [-0.25, -0.2) is 4.98 Å². The van der Waals surface area contributed by atoms with Gasteiger partial charge in [0.2, 0.25) is 0 Å². The van der Waals surface area contributed by atoms with Crippen LogP contribution in [0.4, 0.5) is 0 Å². The van der Waals surface area contributed by atoms with Crippen molar-refractivity contribution in [3.8, 4) is 11.3 Å². The Balaban J connectivity index is 1.76. The van der Waals surface area contributed by atoms with Crippen LogP contribution in [0.1, 0.15) is 43.7 Å². The number of hydrogen-bond acceptors (Lipinski definition) is 6. The highest BCUT2D eigenvalue weighted by Crippen LogP contribution is 2.25. The second kappa shape index (κ2) is 7.05. The van der Waals surface area contributed by atoms with E-state index in [4.69, 9.17) is 4.74 Å². The lowest BCUT2D eigenvalue weighted by Gasteiger charge is -2.19. The molecule has 154 valence electrons. The van der Waals surface area contributed by atoms with Gasteiger partial charge in [-0.05, 0) is 45.4 Å². The van der Waals surface area contributed by atoms with Crippen molar-refractivity contribution in [1.82, 2.24) is 24.1 Å². The fourth-order valence-electron chi connectivity index (χ4n) is 3.37. The molecule has 0 aliphatic heterocycles. The minimum absolute atomic E-state index is 0.0990. The molecule has 8 heteroatoms. The molecule has 0 unspecified atom stereocenters. The first-order chi connectivity index (χ1) is 14.1. The summed E-state index contributed by atoms with van der Waals surface area (Å²) in [5, 5.41) is 4.99. The Morgan fingerprint density at radius 2 is 1.87 bits per heavy atom. The van der Waals surface area contributed by atoms with Crippen LogP contribution in [0.5, 0.6) is 0 Å². The van der Waals surface area contributed by atoms with Crippen molar-refractivity contribution in [2.24, 2.45) is 0 Å². The summed E-state index contributed by atoms with van der Waals surface area (Å²) in [4.78, 5) is 33.4. The molecule has 8 nitrogen and oxygen atoms in total. The van der Waals surface area contributed by atoms with Gasteiger partial charge in [-0.3, -0.25) is 19.3 Å². The Hall–Kier alpha value is -3.55. The number of ketones is 1. The lowest BCUT2D eigenvalue weighted by atomic mass is 10.1. The molecule has 0 aliphatic rings. The van der Waals surface area contributed by atoms with E-state index in [2.05, 4.69) is 15.1 Å². The maximum atomic E-state index is 12.3. The summed E-state index contributed by atoms with van der Waals surface area (Å²) < 4.78 is 8.78. The number of aryl methyl sites for hydroxylation is 1. The van der Waals surface area contributed by atoms with Gasteiger partial charge in [0.05, 0.1) is 17.4 Å². The molecule has 0 aliphatic carbocycles. The van der Waals surface area contributed by atoms with Gasteiger partial charge >= 0.3 is 5.97 Å². The van der Waals surface area contributed by atoms with Crippen LogP contribution in [0.2, 0.25) is 0 Å². The minimum atomic E-state index is -0.600. The molecule has 0 bridgehead atoms. The van der Waals surface area contributed by atoms with E-state index >= 15 is 0 Å². The quantitative estimate of drug-likeness (QED) is 0.381. The van der Waals surface area contributed by atoms with E-state index in [9.17, 15) is 9.59 Å². The third kappa shape index (κ3) is 3.80. The highest BCUT2D eigenvalue weighted by molar-refractivity contribution is 6.05. The molecule has 0 amide bonds. The smallest absolute Gasteiger partial charge is 0.328 e. The zero-order valence-electron chi connectivity index (χ0n) is 17.6. The van der Waals surface area contributed by atoms with E-state index in [1.165, 1.54) is 11.6 Å². The maximum absolute atomic E-state index is 12.3. The molecule has 0 radical (unpaired) electrons. The summed E-state index contributed by atoms with van der Waals surface area (Å²) in [5.74, 6) is -0.613. The SMILES string of the molecule is CC(=O)c1nn(CC(=O)OC(C)(C)C)c2cnc(-c3cnc4cc(C)cn4c3)cc12. The molecule has 4 heterocycles. The topological polar surface area (TPSA) is 91.4 Å². The van der Waals surface area contributed by atoms with Crippen molar-refractivity contribution in [3.63, 3.8) is 0 Å². The number of carbonyl (C=O) groups excluding carboxylic acids is 2. The highest BCUT2D eigenvalue weighted by atomic mass is 16.6. The van der Waals surface area contributed by atoms with Crippen LogP contribution in [-0.2, 0) is 16.1 Å². The van der Waals surface area contributed by atoms with Crippen molar-refractivity contribution >= 4 is 28.3 Å². The second-order valence-corrected chi connectivity index (χ2v) is 8.36. The van der Waals surface area contributed by atoms with Gasteiger partial charge in [-0.2, -0.15) is 5.10 Å². The number of hydrogen-bond donors (Lipinski definition) is 0. The molecule has 0 atom stereocenters. The average Bonchev–Trinajstić information content (AvgIpc) is 3.18. The number of ether oxygens (including phenoxy) is 1. The van der Waals surface area contributed by atoms with E-state index in [0.29, 0.717) is 22.3 Å². The van der Waals surface area contributed by atoms with Crippen molar-refractivity contribution in [2.45, 2.75) is 46.8 Å². The van der Waals surface area contributed by atoms with Crippen LogP contribution in [-0.4, -0.2) is 41.5 Å². The van der Waals surface area contributed by atoms with Crippen molar-refractivity contribution in [2.75, 3.05) is 0 Å². The van der Waals surface area contributed by atoms with E-state index in [0.717, 1.165) is 16.8 Å². The molecule has 4 aromatic rings. The van der Waals surface area contributed by atoms with Crippen LogP contribution in [0, 0.1) is 6.92 Å². The van der Waals surface area contributed by atoms with E-state index in [-0.39, 0.29) is 12.3 Å². The number of esters is 1. The largest absolute Gasteiger partial charge is 0.459 e. The van der Waals surface area contributed by atoms with Gasteiger partial charge in [0.15, 0.2) is 5.78 Å². The van der Waals surface area contributed by atoms with Gasteiger partial charge in [0.25, 0.3) is 0 Å². The van der Waals surface area contributed by atoms with Crippen LogP contribution in [0.25, 0.3) is 27.8 Å². The van der Waals surface area contributed by atoms with Gasteiger partial charge in [-0.15, -0.1) is 0 Å². The van der Waals surface area contributed by atoms with Crippen LogP contribution in [0.3, 0.4) is 0 Å². The summed E-state index contributed by atoms with van der Waals surface area (Å²) in [5.41, 5.74) is 3.75. The minimum Gasteiger partial charge on any atom is -0.459 e. The molecular weight excluding hydrogens is 382 g/mol. The van der Waals surface area contributed by atoms with Gasteiger partial charge in [0.1, 0.15) is 23.5 Å². The number of carbonyl (C=O) groups is 2. The van der Waals surface area contributed by atoms with Crippen molar-refractivity contribution in [3.05, 3.63) is 48.2 Å². The monoisotopic (exact) mass is 405 g/mol. The lowest BCUT2D eigenvalue weighted by Crippen LogP contribution is -2.26. The number of pyridine rings is 1. The summed E-state index contributed by atoms with van der Waals surface area (Å²) >= 11 is 0. The summed E-state index contributed by atoms with van der Waals surface area (Å²) in [7, 11) is 0. The van der Waals surface area contributed by atoms with Gasteiger partial charge < -0.3 is 9.14 Å². The first kappa shape index (κ1) is 19.8. The Labute approximate surface area is 173 Å². The molecule has 0 aromatic carbocycles. The summed E-state index contributed by atoms with van der Waals surface area (Å²) in [6.07, 6.45) is 7.31. The third-order valence-corrected chi connectivity index (χ3v) is 4.54. The lowest BCUT2D eigenvalue weighted by molar-refractivity contribution is -0.155. The molecule has 0 saturated heterocycles. The number of fused-ring (bicyclic) bond motifs is 2. The fraction of sp³-hybridized carbons (Fsp3) is 0.318. The predicted molar refractivity (Wildman–Crippen MR) is 112 cm³/mol. The van der Waals surface area contributed by atoms with E-state index < -0.39 is 11.6 Å². The average molecular weight is 405 g/mol. The van der Waals surface area contributed by atoms with Crippen LogP contribution in [0.15, 0.2) is 36.9 Å². The Bertz CT molecular complexity index is 1290. The summed E-state index contributed by atoms with van der Waals surface area (Å²) in [6, 6.07) is 3.80. The number of aromatic nitrogens is 5. The number of Topliss-reactive ketones (excluding diaryl/α,β-unsaturated/α-hetero) is 1. The number of rotatable bonds is 4. The van der Waals surface area contributed by atoms with Crippen molar-refractivity contribution < 1.29 is 14.3 Å². The van der Waals surface area contributed by atoms with Crippen molar-refractivity contribution in [1.29, 1.82) is 0 Å². The zero-order valence-corrected chi connectivity index (χ0v) is 17.6. The van der Waals surface area contributed by atoms with E-state index in [1.807, 2.05) is 35.9 Å². The van der Waals surface area contributed by atoms with Gasteiger partial charge in [-0.1, -0.05) is 0 Å². The second-order valence-electron chi connectivity index (χ2n) is 8.36. The Kier molecular flexibility index (Phi) is 4.64. The molecule has 0 fully saturated rings. The van der Waals surface area contributed by atoms with Gasteiger partial charge in [0, 0.05) is 36.5 Å². The highest BCUT2D eigenvalue weighted by Gasteiger charge is 2.21. The normalized spacial score (nSPS) is 11.9. The molecule has 0 spiro atoms. The molecule has 0 saturated carbocycles. The Morgan fingerprint density at radius 1 is 1.10 bits per heavy atom. The van der Waals surface area contributed by atoms with Crippen LogP contribution >= 0.6 is 0 Å². The van der Waals surface area contributed by atoms with E-state index in [1.54, 1.807) is 33.2 Å². The Morgan fingerprint density at radius 3 is 2.57 bits per heavy atom.